The summed E-state index contributed by atoms with van der Waals surface area (Å²) >= 11 is 6.09. The summed E-state index contributed by atoms with van der Waals surface area (Å²) in [6, 6.07) is 5.77. The van der Waals surface area contributed by atoms with E-state index in [9.17, 15) is 0 Å². The van der Waals surface area contributed by atoms with Crippen LogP contribution >= 0.6 is 11.6 Å². The molecule has 2 aromatic rings. The Bertz CT molecular complexity index is 477. The molecule has 16 heavy (non-hydrogen) atoms. The summed E-state index contributed by atoms with van der Waals surface area (Å²) in [5.74, 6) is 1.15. The highest BCUT2D eigenvalue weighted by atomic mass is 35.5. The van der Waals surface area contributed by atoms with Gasteiger partial charge in [0.2, 0.25) is 0 Å². The van der Waals surface area contributed by atoms with Crippen molar-refractivity contribution >= 4 is 22.6 Å². The summed E-state index contributed by atoms with van der Waals surface area (Å²) < 4.78 is 5.75. The van der Waals surface area contributed by atoms with Crippen molar-refractivity contribution in [3.05, 3.63) is 34.5 Å². The summed E-state index contributed by atoms with van der Waals surface area (Å²) in [5.41, 5.74) is 7.97. The Morgan fingerprint density at radius 2 is 2.00 bits per heavy atom. The fourth-order valence-corrected chi connectivity index (χ4v) is 1.94. The summed E-state index contributed by atoms with van der Waals surface area (Å²) in [4.78, 5) is 0. The lowest BCUT2D eigenvalue weighted by molar-refractivity contribution is 0.418. The van der Waals surface area contributed by atoms with Gasteiger partial charge in [0.15, 0.2) is 5.58 Å². The number of hydrogen-bond donors (Lipinski definition) is 1. The zero-order chi connectivity index (χ0) is 11.9. The molecule has 0 aliphatic rings. The van der Waals surface area contributed by atoms with E-state index in [1.54, 1.807) is 0 Å². The van der Waals surface area contributed by atoms with Crippen molar-refractivity contribution in [3.63, 3.8) is 0 Å². The molecule has 1 heterocycles. The van der Waals surface area contributed by atoms with Crippen LogP contribution in [-0.2, 0) is 0 Å². The van der Waals surface area contributed by atoms with Crippen LogP contribution in [0, 0.1) is 12.8 Å². The Morgan fingerprint density at radius 3 is 2.56 bits per heavy atom. The Morgan fingerprint density at radius 1 is 1.31 bits per heavy atom. The second-order valence-corrected chi connectivity index (χ2v) is 4.93. The van der Waals surface area contributed by atoms with Crippen LogP contribution in [0.3, 0.4) is 0 Å². The van der Waals surface area contributed by atoms with Crippen molar-refractivity contribution < 1.29 is 4.42 Å². The minimum Gasteiger partial charge on any atom is -0.458 e. The highest BCUT2D eigenvalue weighted by molar-refractivity contribution is 6.34. The van der Waals surface area contributed by atoms with Crippen LogP contribution in [-0.4, -0.2) is 0 Å². The average molecular weight is 238 g/mol. The van der Waals surface area contributed by atoms with Gasteiger partial charge in [-0.15, -0.1) is 0 Å². The molecule has 0 spiro atoms. The zero-order valence-electron chi connectivity index (χ0n) is 9.75. The van der Waals surface area contributed by atoms with Gasteiger partial charge in [-0.1, -0.05) is 31.5 Å². The summed E-state index contributed by atoms with van der Waals surface area (Å²) in [5, 5.41) is 1.70. The van der Waals surface area contributed by atoms with Crippen LogP contribution in [0.4, 0.5) is 0 Å². The SMILES string of the molecule is Cc1ccc(Cl)c2oc(C(N)C(C)C)cc12. The number of nitrogens with two attached hydrogens (primary N) is 1. The van der Waals surface area contributed by atoms with Crippen molar-refractivity contribution in [3.8, 4) is 0 Å². The predicted octanol–water partition coefficient (Wildman–Crippen LogP) is 4.05. The molecule has 1 aromatic carbocycles. The molecule has 0 aliphatic carbocycles. The molecule has 2 rings (SSSR count). The van der Waals surface area contributed by atoms with Crippen LogP contribution in [0.2, 0.25) is 5.02 Å². The maximum atomic E-state index is 6.09. The molecule has 86 valence electrons. The molecule has 0 amide bonds. The Kier molecular flexibility index (Phi) is 2.96. The average Bonchev–Trinajstić information content (AvgIpc) is 2.68. The van der Waals surface area contributed by atoms with Gasteiger partial charge in [-0.05, 0) is 30.5 Å². The van der Waals surface area contributed by atoms with Crippen molar-refractivity contribution in [1.29, 1.82) is 0 Å². The first kappa shape index (κ1) is 11.5. The van der Waals surface area contributed by atoms with Gasteiger partial charge in [0, 0.05) is 5.39 Å². The molecule has 0 bridgehead atoms. The van der Waals surface area contributed by atoms with Gasteiger partial charge in [0.25, 0.3) is 0 Å². The molecular weight excluding hydrogens is 222 g/mol. The van der Waals surface area contributed by atoms with E-state index in [-0.39, 0.29) is 6.04 Å². The van der Waals surface area contributed by atoms with Crippen LogP contribution < -0.4 is 5.73 Å². The first-order chi connectivity index (χ1) is 7.50. The maximum absolute atomic E-state index is 6.09. The highest BCUT2D eigenvalue weighted by Gasteiger charge is 2.17. The zero-order valence-corrected chi connectivity index (χ0v) is 10.5. The molecule has 3 heteroatoms. The van der Waals surface area contributed by atoms with Crippen molar-refractivity contribution in [2.45, 2.75) is 26.8 Å². The second-order valence-electron chi connectivity index (χ2n) is 4.53. The van der Waals surface area contributed by atoms with Crippen molar-refractivity contribution in [1.82, 2.24) is 0 Å². The Balaban J connectivity index is 2.60. The number of fused-ring (bicyclic) bond motifs is 1. The molecule has 0 radical (unpaired) electrons. The van der Waals surface area contributed by atoms with E-state index < -0.39 is 0 Å². The first-order valence-electron chi connectivity index (χ1n) is 5.45. The summed E-state index contributed by atoms with van der Waals surface area (Å²) in [6.45, 7) is 6.19. The molecule has 2 nitrogen and oxygen atoms in total. The van der Waals surface area contributed by atoms with Gasteiger partial charge in [0.05, 0.1) is 11.1 Å². The third kappa shape index (κ3) is 1.83. The third-order valence-corrected chi connectivity index (χ3v) is 3.22. The molecule has 1 aromatic heterocycles. The summed E-state index contributed by atoms with van der Waals surface area (Å²) in [7, 11) is 0. The molecule has 1 unspecified atom stereocenters. The number of halogens is 1. The standard InChI is InChI=1S/C13H16ClNO/c1-7(2)12(15)11-6-9-8(3)4-5-10(14)13(9)16-11/h4-7,12H,15H2,1-3H3. The van der Waals surface area contributed by atoms with E-state index in [0.717, 1.165) is 22.3 Å². The van der Waals surface area contributed by atoms with Crippen LogP contribution in [0.1, 0.15) is 31.2 Å². The summed E-state index contributed by atoms with van der Waals surface area (Å²) in [6.07, 6.45) is 0. The van der Waals surface area contributed by atoms with Gasteiger partial charge in [-0.3, -0.25) is 0 Å². The fourth-order valence-electron chi connectivity index (χ4n) is 1.74. The monoisotopic (exact) mass is 237 g/mol. The number of aryl methyl sites for hydroxylation is 1. The van der Waals surface area contributed by atoms with Crippen molar-refractivity contribution in [2.75, 3.05) is 0 Å². The van der Waals surface area contributed by atoms with E-state index in [0.29, 0.717) is 10.9 Å². The third-order valence-electron chi connectivity index (χ3n) is 2.92. The lowest BCUT2D eigenvalue weighted by Gasteiger charge is -2.11. The molecule has 1 atom stereocenters. The van der Waals surface area contributed by atoms with Crippen LogP contribution in [0.25, 0.3) is 11.0 Å². The molecule has 2 N–H and O–H groups in total. The molecule has 0 saturated carbocycles. The molecule has 0 fully saturated rings. The predicted molar refractivity (Wildman–Crippen MR) is 67.7 cm³/mol. The quantitative estimate of drug-likeness (QED) is 0.856. The Labute approximate surface area is 100 Å². The van der Waals surface area contributed by atoms with Gasteiger partial charge in [-0.2, -0.15) is 0 Å². The molecular formula is C13H16ClNO. The second kappa shape index (κ2) is 4.11. The lowest BCUT2D eigenvalue weighted by atomic mass is 10.0. The van der Waals surface area contributed by atoms with Crippen LogP contribution in [0.5, 0.6) is 0 Å². The smallest absolute Gasteiger partial charge is 0.153 e. The van der Waals surface area contributed by atoms with Gasteiger partial charge in [0.1, 0.15) is 5.76 Å². The van der Waals surface area contributed by atoms with E-state index in [4.69, 9.17) is 21.8 Å². The van der Waals surface area contributed by atoms with Crippen molar-refractivity contribution in [2.24, 2.45) is 11.7 Å². The minimum atomic E-state index is -0.0807. The van der Waals surface area contributed by atoms with Gasteiger partial charge in [-0.25, -0.2) is 0 Å². The lowest BCUT2D eigenvalue weighted by Crippen LogP contribution is -2.15. The number of furan rings is 1. The number of hydrogen-bond acceptors (Lipinski definition) is 2. The number of benzene rings is 1. The topological polar surface area (TPSA) is 39.2 Å². The largest absolute Gasteiger partial charge is 0.458 e. The first-order valence-corrected chi connectivity index (χ1v) is 5.82. The molecule has 0 saturated heterocycles. The molecule has 0 aliphatic heterocycles. The Hall–Kier alpha value is -0.990. The van der Waals surface area contributed by atoms with E-state index >= 15 is 0 Å². The fraction of sp³-hybridized carbons (Fsp3) is 0.385. The highest BCUT2D eigenvalue weighted by Crippen LogP contribution is 2.32. The van der Waals surface area contributed by atoms with E-state index in [1.165, 1.54) is 0 Å². The van der Waals surface area contributed by atoms with Gasteiger partial charge < -0.3 is 10.2 Å². The normalized spacial score (nSPS) is 13.6. The maximum Gasteiger partial charge on any atom is 0.153 e. The minimum absolute atomic E-state index is 0.0807. The van der Waals surface area contributed by atoms with Crippen LogP contribution in [0.15, 0.2) is 22.6 Å². The van der Waals surface area contributed by atoms with E-state index in [1.807, 2.05) is 25.1 Å². The van der Waals surface area contributed by atoms with E-state index in [2.05, 4.69) is 13.8 Å². The van der Waals surface area contributed by atoms with Gasteiger partial charge >= 0.3 is 0 Å². The number of rotatable bonds is 2.